The minimum Gasteiger partial charge on any atom is -0.459 e. The topological polar surface area (TPSA) is 59.0 Å². The number of esters is 1. The minimum atomic E-state index is -0.834. The van der Waals surface area contributed by atoms with Crippen LogP contribution in [0.25, 0.3) is 0 Å². The molecule has 0 spiro atoms. The predicted molar refractivity (Wildman–Crippen MR) is 98.4 cm³/mol. The van der Waals surface area contributed by atoms with Crippen molar-refractivity contribution in [2.45, 2.75) is 49.8 Å². The number of nitrogens with zero attached hydrogens (tertiary/aromatic N) is 1. The number of aliphatic hydroxyl groups is 1. The molecule has 0 aromatic heterocycles. The van der Waals surface area contributed by atoms with E-state index in [4.69, 9.17) is 9.47 Å². The van der Waals surface area contributed by atoms with Crippen LogP contribution in [0.1, 0.15) is 42.5 Å². The Bertz CT molecular complexity index is 564. The zero-order valence-corrected chi connectivity index (χ0v) is 15.0. The molecular weight excluding hydrogens is 317 g/mol. The maximum Gasteiger partial charge on any atom is 0.338 e. The van der Waals surface area contributed by atoms with E-state index in [1.54, 1.807) is 12.1 Å². The molecule has 1 saturated carbocycles. The van der Waals surface area contributed by atoms with E-state index in [2.05, 4.69) is 4.90 Å². The Hall–Kier alpha value is -1.37. The van der Waals surface area contributed by atoms with Crippen molar-refractivity contribution in [3.63, 3.8) is 0 Å². The molecule has 0 radical (unpaired) electrons. The van der Waals surface area contributed by atoms with Gasteiger partial charge in [0, 0.05) is 25.1 Å². The second-order valence-corrected chi connectivity index (χ2v) is 7.43. The van der Waals surface area contributed by atoms with Gasteiger partial charge in [-0.15, -0.1) is 0 Å². The number of hydrogen-bond acceptors (Lipinski definition) is 5. The maximum absolute atomic E-state index is 12.2. The number of rotatable bonds is 5. The fourth-order valence-electron chi connectivity index (χ4n) is 4.06. The first kappa shape index (κ1) is 18.4. The highest BCUT2D eigenvalue weighted by Gasteiger charge is 2.42. The van der Waals surface area contributed by atoms with E-state index in [-0.39, 0.29) is 25.2 Å². The first-order valence-corrected chi connectivity index (χ1v) is 9.37. The van der Waals surface area contributed by atoms with Crippen LogP contribution in [0, 0.1) is 0 Å². The molecule has 1 heterocycles. The zero-order valence-electron chi connectivity index (χ0n) is 15.0. The van der Waals surface area contributed by atoms with Crippen LogP contribution in [0.2, 0.25) is 0 Å². The monoisotopic (exact) mass is 345 g/mol. The molecule has 1 aromatic rings. The number of carbonyl (C=O) groups is 1. The van der Waals surface area contributed by atoms with Crippen molar-refractivity contribution >= 4 is 13.8 Å². The second-order valence-electron chi connectivity index (χ2n) is 7.43. The Morgan fingerprint density at radius 2 is 2.00 bits per heavy atom. The van der Waals surface area contributed by atoms with Gasteiger partial charge in [-0.05, 0) is 25.0 Å². The molecule has 3 rings (SSSR count). The summed E-state index contributed by atoms with van der Waals surface area (Å²) in [6.45, 7) is 1.41. The highest BCUT2D eigenvalue weighted by atomic mass is 16.6. The van der Waals surface area contributed by atoms with E-state index in [0.29, 0.717) is 18.2 Å². The van der Waals surface area contributed by atoms with E-state index in [9.17, 15) is 9.90 Å². The molecule has 136 valence electrons. The molecule has 1 aromatic carbocycles. The molecule has 1 saturated heterocycles. The van der Waals surface area contributed by atoms with Crippen LogP contribution >= 0.6 is 0 Å². The molecule has 6 heteroatoms. The molecule has 0 bridgehead atoms. The van der Waals surface area contributed by atoms with Crippen molar-refractivity contribution in [2.24, 2.45) is 0 Å². The molecule has 1 aliphatic carbocycles. The Balaban J connectivity index is 1.64. The summed E-state index contributed by atoms with van der Waals surface area (Å²) in [5.41, 5.74) is -0.317. The summed E-state index contributed by atoms with van der Waals surface area (Å²) < 4.78 is 11.6. The normalized spacial score (nSPS) is 28.6. The lowest BCUT2D eigenvalue weighted by Crippen LogP contribution is -2.62. The van der Waals surface area contributed by atoms with Gasteiger partial charge in [-0.25, -0.2) is 4.79 Å². The second kappa shape index (κ2) is 8.34. The van der Waals surface area contributed by atoms with E-state index < -0.39 is 5.60 Å². The Kier molecular flexibility index (Phi) is 6.15. The van der Waals surface area contributed by atoms with Crippen molar-refractivity contribution in [2.75, 3.05) is 26.3 Å². The van der Waals surface area contributed by atoms with Gasteiger partial charge in [0.05, 0.1) is 12.2 Å². The number of carbonyl (C=O) groups excluding carboxylic acids is 1. The van der Waals surface area contributed by atoms with Gasteiger partial charge >= 0.3 is 5.97 Å². The van der Waals surface area contributed by atoms with Gasteiger partial charge in [0.1, 0.15) is 20.1 Å². The van der Waals surface area contributed by atoms with Gasteiger partial charge in [-0.3, -0.25) is 4.90 Å². The predicted octanol–water partition coefficient (Wildman–Crippen LogP) is 1.20. The average Bonchev–Trinajstić information content (AvgIpc) is 2.67. The van der Waals surface area contributed by atoms with Crippen molar-refractivity contribution in [1.82, 2.24) is 4.90 Å². The zero-order chi connectivity index (χ0) is 17.7. The summed E-state index contributed by atoms with van der Waals surface area (Å²) >= 11 is 0. The molecule has 1 N–H and O–H groups in total. The van der Waals surface area contributed by atoms with Gasteiger partial charge in [0.15, 0.2) is 0 Å². The Morgan fingerprint density at radius 3 is 2.68 bits per heavy atom. The van der Waals surface area contributed by atoms with Gasteiger partial charge in [0.2, 0.25) is 0 Å². The summed E-state index contributed by atoms with van der Waals surface area (Å²) in [6.07, 6.45) is 6.27. The Labute approximate surface area is 150 Å². The molecule has 2 fully saturated rings. The molecule has 1 aliphatic heterocycles. The number of morpholine rings is 1. The molecular formula is C19H28BNO4. The fraction of sp³-hybridized carbons (Fsp3) is 0.632. The molecule has 25 heavy (non-hydrogen) atoms. The standard InChI is InChI=1S/C19H28BNO4/c20-17-11-21(16-9-5-2-6-10-16)12-19(13-22,25-17)14-24-18(23)15-7-3-1-4-8-15/h1,3-4,7-8,16-17,22H,2,5-6,9-14,20H2/t17-,19-/m1/s1. The molecule has 0 unspecified atom stereocenters. The van der Waals surface area contributed by atoms with Crippen LogP contribution < -0.4 is 0 Å². The third-order valence-electron chi connectivity index (χ3n) is 5.29. The highest BCUT2D eigenvalue weighted by Crippen LogP contribution is 2.29. The highest BCUT2D eigenvalue weighted by molar-refractivity contribution is 6.11. The third kappa shape index (κ3) is 4.63. The SMILES string of the molecule is B[C@H]1CN(C2CCCCC2)C[C@@](CO)(COC(=O)c2ccccc2)O1. The number of benzene rings is 1. The number of aliphatic hydroxyl groups excluding tert-OH is 1. The van der Waals surface area contributed by atoms with Gasteiger partial charge in [-0.1, -0.05) is 37.5 Å². The van der Waals surface area contributed by atoms with Crippen molar-refractivity contribution in [3.8, 4) is 0 Å². The minimum absolute atomic E-state index is 0.0123. The van der Waals surface area contributed by atoms with Crippen LogP contribution in [0.4, 0.5) is 0 Å². The van der Waals surface area contributed by atoms with Gasteiger partial charge in [-0.2, -0.15) is 0 Å². The van der Waals surface area contributed by atoms with Crippen molar-refractivity contribution in [1.29, 1.82) is 0 Å². The lowest BCUT2D eigenvalue weighted by molar-refractivity contribution is -0.176. The lowest BCUT2D eigenvalue weighted by Gasteiger charge is -2.48. The van der Waals surface area contributed by atoms with Crippen LogP contribution in [0.15, 0.2) is 30.3 Å². The quantitative estimate of drug-likeness (QED) is 0.642. The average molecular weight is 345 g/mol. The number of ether oxygens (including phenoxy) is 2. The van der Waals surface area contributed by atoms with Crippen LogP contribution in [-0.2, 0) is 9.47 Å². The van der Waals surface area contributed by atoms with Crippen LogP contribution in [0.5, 0.6) is 0 Å². The first-order valence-electron chi connectivity index (χ1n) is 9.37. The molecule has 5 nitrogen and oxygen atoms in total. The largest absolute Gasteiger partial charge is 0.459 e. The van der Waals surface area contributed by atoms with Crippen molar-refractivity contribution < 1.29 is 19.4 Å². The third-order valence-corrected chi connectivity index (χ3v) is 5.29. The fourth-order valence-corrected chi connectivity index (χ4v) is 4.06. The van der Waals surface area contributed by atoms with E-state index in [1.807, 2.05) is 26.0 Å². The number of hydrogen-bond donors (Lipinski definition) is 1. The van der Waals surface area contributed by atoms with E-state index in [1.165, 1.54) is 32.1 Å². The summed E-state index contributed by atoms with van der Waals surface area (Å²) in [5, 5.41) is 10.0. The van der Waals surface area contributed by atoms with E-state index >= 15 is 0 Å². The Morgan fingerprint density at radius 1 is 1.28 bits per heavy atom. The maximum atomic E-state index is 12.2. The van der Waals surface area contributed by atoms with Crippen molar-refractivity contribution in [3.05, 3.63) is 35.9 Å². The van der Waals surface area contributed by atoms with Crippen LogP contribution in [-0.4, -0.2) is 67.8 Å². The van der Waals surface area contributed by atoms with Gasteiger partial charge < -0.3 is 14.6 Å². The summed E-state index contributed by atoms with van der Waals surface area (Å²) in [5.74, 6) is -0.375. The summed E-state index contributed by atoms with van der Waals surface area (Å²) in [7, 11) is 2.03. The molecule has 0 amide bonds. The first-order chi connectivity index (χ1) is 12.1. The smallest absolute Gasteiger partial charge is 0.338 e. The van der Waals surface area contributed by atoms with E-state index in [0.717, 1.165) is 6.54 Å². The lowest BCUT2D eigenvalue weighted by atomic mass is 9.88. The summed E-state index contributed by atoms with van der Waals surface area (Å²) in [6, 6.07) is 9.50. The van der Waals surface area contributed by atoms with Gasteiger partial charge in [0.25, 0.3) is 0 Å². The van der Waals surface area contributed by atoms with Crippen LogP contribution in [0.3, 0.4) is 0 Å². The molecule has 2 aliphatic rings. The molecule has 2 atom stereocenters. The summed E-state index contributed by atoms with van der Waals surface area (Å²) in [4.78, 5) is 14.7.